The summed E-state index contributed by atoms with van der Waals surface area (Å²) in [6, 6.07) is 22.9. The molecule has 0 amide bonds. The molecule has 0 fully saturated rings. The van der Waals surface area contributed by atoms with Crippen molar-refractivity contribution < 1.29 is 4.58 Å². The predicted octanol–water partition coefficient (Wildman–Crippen LogP) is 6.88. The molecular weight excluding hydrogens is 516 g/mol. The van der Waals surface area contributed by atoms with Crippen LogP contribution in [0.1, 0.15) is 49.3 Å². The van der Waals surface area contributed by atoms with Crippen molar-refractivity contribution in [3.05, 3.63) is 93.6 Å². The molecule has 0 saturated heterocycles. The number of benzene rings is 2. The summed E-state index contributed by atoms with van der Waals surface area (Å²) in [4.78, 5) is 2.09. The second-order valence-electron chi connectivity index (χ2n) is 9.49. The van der Waals surface area contributed by atoms with Gasteiger partial charge in [0.2, 0.25) is 0 Å². The summed E-state index contributed by atoms with van der Waals surface area (Å²) in [5, 5.41) is 37.1. The number of halogens is 1. The van der Waals surface area contributed by atoms with Crippen LogP contribution in [0.4, 0.5) is 5.69 Å². The average molecular weight is 548 g/mol. The molecule has 6 nitrogen and oxygen atoms in total. The molecule has 0 heterocycles. The second kappa shape index (κ2) is 15.1. The molecule has 2 aromatic rings. The molecule has 0 atom stereocenters. The smallest absolute Gasteiger partial charge is 0.200 e. The van der Waals surface area contributed by atoms with Gasteiger partial charge in [0.05, 0.1) is 50.0 Å². The van der Waals surface area contributed by atoms with Crippen LogP contribution in [-0.4, -0.2) is 36.5 Å². The van der Waals surface area contributed by atoms with Crippen molar-refractivity contribution in [3.63, 3.8) is 0 Å². The first-order valence-corrected chi connectivity index (χ1v) is 13.6. The highest BCUT2D eigenvalue weighted by Gasteiger charge is 2.20. The molecule has 1 aliphatic rings. The Bertz CT molecular complexity index is 1480. The van der Waals surface area contributed by atoms with Crippen molar-refractivity contribution >= 4 is 28.6 Å². The van der Waals surface area contributed by atoms with Crippen LogP contribution in [0.25, 0.3) is 5.57 Å². The lowest BCUT2D eigenvalue weighted by atomic mass is 9.85. The van der Waals surface area contributed by atoms with Gasteiger partial charge < -0.3 is 4.90 Å². The van der Waals surface area contributed by atoms with E-state index in [0.717, 1.165) is 44.8 Å². The Morgan fingerprint density at radius 3 is 1.93 bits per heavy atom. The van der Waals surface area contributed by atoms with E-state index in [-0.39, 0.29) is 0 Å². The topological polar surface area (TPSA) is 101 Å². The van der Waals surface area contributed by atoms with Crippen LogP contribution in [0.2, 0.25) is 5.02 Å². The zero-order chi connectivity index (χ0) is 28.9. The molecule has 0 aliphatic heterocycles. The second-order valence-corrected chi connectivity index (χ2v) is 9.92. The SMILES string of the molecule is CC1=CC(=[N+](CCC#N)CCC#N)C=C/C1=C(/c1ccc(Cl)cc1)c1ccc(N(CCC#N)CCC#N)cc1C. The summed E-state index contributed by atoms with van der Waals surface area (Å²) in [5.74, 6) is 0. The summed E-state index contributed by atoms with van der Waals surface area (Å²) < 4.78 is 2.09. The fraction of sp³-hybridized carbons (Fsp3) is 0.303. The Morgan fingerprint density at radius 2 is 1.40 bits per heavy atom. The van der Waals surface area contributed by atoms with E-state index in [1.54, 1.807) is 0 Å². The van der Waals surface area contributed by atoms with Crippen molar-refractivity contribution in [2.75, 3.05) is 31.1 Å². The largest absolute Gasteiger partial charge is 0.369 e. The molecule has 0 radical (unpaired) electrons. The van der Waals surface area contributed by atoms with Gasteiger partial charge in [-0.3, -0.25) is 0 Å². The van der Waals surface area contributed by atoms with Crippen LogP contribution in [0.3, 0.4) is 0 Å². The minimum absolute atomic E-state index is 0.389. The van der Waals surface area contributed by atoms with Crippen LogP contribution in [0, 0.1) is 52.2 Å². The highest BCUT2D eigenvalue weighted by molar-refractivity contribution is 6.30. The van der Waals surface area contributed by atoms with E-state index in [4.69, 9.17) is 32.6 Å². The van der Waals surface area contributed by atoms with Crippen molar-refractivity contribution in [1.29, 1.82) is 21.0 Å². The van der Waals surface area contributed by atoms with E-state index in [9.17, 15) is 0 Å². The fourth-order valence-corrected chi connectivity index (χ4v) is 4.93. The van der Waals surface area contributed by atoms with Gasteiger partial charge in [-0.2, -0.15) is 21.0 Å². The third kappa shape index (κ3) is 7.71. The highest BCUT2D eigenvalue weighted by atomic mass is 35.5. The molecule has 0 saturated carbocycles. The van der Waals surface area contributed by atoms with Gasteiger partial charge in [-0.05, 0) is 77.6 Å². The van der Waals surface area contributed by atoms with Crippen LogP contribution < -0.4 is 4.90 Å². The minimum Gasteiger partial charge on any atom is -0.369 e. The third-order valence-corrected chi connectivity index (χ3v) is 7.05. The standard InChI is InChI=1S/C33H32ClN6/c1-25-23-29(39(19-3-15-35)20-4-16-36)11-13-31(25)33(27-7-9-28(34)10-8-27)32-14-12-30(24-26(32)2)40(21-5-17-37)22-6-18-38/h7-14,23-24H,3-6,19-22H2,1-2H3/q+1. The number of aryl methyl sites for hydroxylation is 1. The van der Waals surface area contributed by atoms with Gasteiger partial charge in [0.1, 0.15) is 0 Å². The van der Waals surface area contributed by atoms with Crippen LogP contribution in [0.5, 0.6) is 0 Å². The molecule has 0 unspecified atom stereocenters. The number of nitrogens with zero attached hydrogens (tertiary/aromatic N) is 6. The van der Waals surface area contributed by atoms with E-state index in [2.05, 4.69) is 84.0 Å². The first kappa shape index (κ1) is 29.9. The molecule has 40 heavy (non-hydrogen) atoms. The van der Waals surface area contributed by atoms with Gasteiger partial charge in [0.15, 0.2) is 18.8 Å². The van der Waals surface area contributed by atoms with Crippen molar-refractivity contribution in [1.82, 2.24) is 0 Å². The maximum atomic E-state index is 9.11. The molecule has 200 valence electrons. The Hall–Kier alpha value is -4.62. The quantitative estimate of drug-likeness (QED) is 0.285. The zero-order valence-electron chi connectivity index (χ0n) is 23.0. The summed E-state index contributed by atoms with van der Waals surface area (Å²) in [5.41, 5.74) is 8.39. The molecule has 0 N–H and O–H groups in total. The molecule has 3 rings (SSSR count). The number of allylic oxidation sites excluding steroid dienone is 5. The number of nitriles is 4. The van der Waals surface area contributed by atoms with E-state index in [1.807, 2.05) is 24.3 Å². The van der Waals surface area contributed by atoms with Gasteiger partial charge in [-0.15, -0.1) is 0 Å². The van der Waals surface area contributed by atoms with E-state index in [1.165, 1.54) is 0 Å². The zero-order valence-corrected chi connectivity index (χ0v) is 23.7. The van der Waals surface area contributed by atoms with Gasteiger partial charge >= 0.3 is 0 Å². The summed E-state index contributed by atoms with van der Waals surface area (Å²) >= 11 is 6.24. The highest BCUT2D eigenvalue weighted by Crippen LogP contribution is 2.36. The third-order valence-electron chi connectivity index (χ3n) is 6.80. The first-order chi connectivity index (χ1) is 19.4. The van der Waals surface area contributed by atoms with E-state index >= 15 is 0 Å². The molecule has 1 aliphatic carbocycles. The fourth-order valence-electron chi connectivity index (χ4n) is 4.80. The van der Waals surface area contributed by atoms with E-state index < -0.39 is 0 Å². The van der Waals surface area contributed by atoms with Crippen molar-refractivity contribution in [3.8, 4) is 24.3 Å². The Kier molecular flexibility index (Phi) is 11.3. The normalized spacial score (nSPS) is 13.4. The van der Waals surface area contributed by atoms with E-state index in [0.29, 0.717) is 56.9 Å². The molecule has 2 aromatic carbocycles. The monoisotopic (exact) mass is 547 g/mol. The first-order valence-electron chi connectivity index (χ1n) is 13.3. The van der Waals surface area contributed by atoms with Gasteiger partial charge in [-0.25, -0.2) is 4.58 Å². The van der Waals surface area contributed by atoms with Crippen LogP contribution >= 0.6 is 11.6 Å². The lowest BCUT2D eigenvalue weighted by Crippen LogP contribution is -2.25. The van der Waals surface area contributed by atoms with Crippen molar-refractivity contribution in [2.24, 2.45) is 0 Å². The number of anilines is 1. The van der Waals surface area contributed by atoms with Gasteiger partial charge in [0.25, 0.3) is 0 Å². The van der Waals surface area contributed by atoms with Crippen LogP contribution in [0.15, 0.2) is 71.8 Å². The Labute approximate surface area is 242 Å². The molecular formula is C33H32ClN6+. The molecule has 0 aromatic heterocycles. The van der Waals surface area contributed by atoms with Gasteiger partial charge in [-0.1, -0.05) is 29.8 Å². The Balaban J connectivity index is 2.14. The van der Waals surface area contributed by atoms with Crippen molar-refractivity contribution in [2.45, 2.75) is 39.5 Å². The van der Waals surface area contributed by atoms with Crippen LogP contribution in [-0.2, 0) is 0 Å². The Morgan fingerprint density at radius 1 is 0.800 bits per heavy atom. The minimum atomic E-state index is 0.389. The summed E-state index contributed by atoms with van der Waals surface area (Å²) in [6.07, 6.45) is 7.84. The number of rotatable bonds is 11. The summed E-state index contributed by atoms with van der Waals surface area (Å²) in [6.45, 7) is 6.44. The lowest BCUT2D eigenvalue weighted by molar-refractivity contribution is -0.524. The molecule has 7 heteroatoms. The van der Waals surface area contributed by atoms with Gasteiger partial charge in [0, 0.05) is 36.0 Å². The summed E-state index contributed by atoms with van der Waals surface area (Å²) in [7, 11) is 0. The maximum Gasteiger partial charge on any atom is 0.200 e. The maximum absolute atomic E-state index is 9.11. The lowest BCUT2D eigenvalue weighted by Gasteiger charge is -2.25. The number of hydrogen-bond acceptors (Lipinski definition) is 5. The molecule has 0 bridgehead atoms. The molecule has 0 spiro atoms. The average Bonchev–Trinajstić information content (AvgIpc) is 2.96. The predicted molar refractivity (Wildman–Crippen MR) is 160 cm³/mol. The number of hydrogen-bond donors (Lipinski definition) is 0.